The molecule has 6 heteroatoms. The molecule has 2 aromatic rings. The van der Waals surface area contributed by atoms with E-state index in [1.54, 1.807) is 21.3 Å². The molecule has 1 amide bonds. The lowest BCUT2D eigenvalue weighted by atomic mass is 10.1. The van der Waals surface area contributed by atoms with E-state index in [-0.39, 0.29) is 5.91 Å². The normalized spacial score (nSPS) is 15.2. The second-order valence-corrected chi connectivity index (χ2v) is 6.98. The first-order chi connectivity index (χ1) is 13.6. The maximum absolute atomic E-state index is 12.5. The van der Waals surface area contributed by atoms with Crippen LogP contribution in [0, 0.1) is 0 Å². The van der Waals surface area contributed by atoms with Gasteiger partial charge in [-0.25, -0.2) is 0 Å². The van der Waals surface area contributed by atoms with E-state index in [4.69, 9.17) is 14.2 Å². The summed E-state index contributed by atoms with van der Waals surface area (Å²) in [6.45, 7) is 0.744. The Hall–Kier alpha value is -2.73. The minimum absolute atomic E-state index is 0.0133. The maximum atomic E-state index is 12.5. The van der Waals surface area contributed by atoms with Gasteiger partial charge in [0.25, 0.3) is 0 Å². The van der Waals surface area contributed by atoms with Gasteiger partial charge in [0, 0.05) is 12.6 Å². The average molecular weight is 384 g/mol. The van der Waals surface area contributed by atoms with Crippen molar-refractivity contribution in [2.45, 2.75) is 25.4 Å². The molecule has 1 aliphatic carbocycles. The number of aryl methyl sites for hydroxylation is 1. The summed E-state index contributed by atoms with van der Waals surface area (Å²) in [6, 6.07) is 12.5. The summed E-state index contributed by atoms with van der Waals surface area (Å²) in [7, 11) is 6.73. The molecule has 1 N–H and O–H groups in total. The number of carbonyl (C=O) groups is 1. The van der Waals surface area contributed by atoms with E-state index in [0.29, 0.717) is 36.4 Å². The zero-order valence-electron chi connectivity index (χ0n) is 17.0. The minimum Gasteiger partial charge on any atom is -0.493 e. The fourth-order valence-corrected chi connectivity index (χ4v) is 3.82. The number of carbonyl (C=O) groups excluding carboxylic acids is 1. The molecule has 0 bridgehead atoms. The maximum Gasteiger partial charge on any atom is 0.234 e. The van der Waals surface area contributed by atoms with Crippen molar-refractivity contribution in [1.82, 2.24) is 10.2 Å². The van der Waals surface area contributed by atoms with Crippen LogP contribution in [0.25, 0.3) is 0 Å². The van der Waals surface area contributed by atoms with Crippen molar-refractivity contribution in [3.8, 4) is 17.2 Å². The number of benzene rings is 2. The van der Waals surface area contributed by atoms with Gasteiger partial charge in [-0.3, -0.25) is 9.69 Å². The van der Waals surface area contributed by atoms with E-state index in [2.05, 4.69) is 34.5 Å². The molecule has 0 spiro atoms. The van der Waals surface area contributed by atoms with Crippen molar-refractivity contribution >= 4 is 5.91 Å². The second-order valence-electron chi connectivity index (χ2n) is 6.98. The first kappa shape index (κ1) is 20.0. The molecule has 0 aromatic heterocycles. The summed E-state index contributed by atoms with van der Waals surface area (Å²) in [5.41, 5.74) is 3.61. The number of nitrogens with zero attached hydrogens (tertiary/aromatic N) is 1. The van der Waals surface area contributed by atoms with Crippen LogP contribution in [-0.2, 0) is 17.8 Å². The molecule has 0 unspecified atom stereocenters. The van der Waals surface area contributed by atoms with Crippen LogP contribution in [0.3, 0.4) is 0 Å². The summed E-state index contributed by atoms with van der Waals surface area (Å²) in [5.74, 6) is 1.68. The lowest BCUT2D eigenvalue weighted by Gasteiger charge is -2.24. The van der Waals surface area contributed by atoms with E-state index in [1.807, 2.05) is 19.2 Å². The topological polar surface area (TPSA) is 60.0 Å². The molecule has 0 fully saturated rings. The Morgan fingerprint density at radius 1 is 1.11 bits per heavy atom. The van der Waals surface area contributed by atoms with E-state index in [0.717, 1.165) is 18.4 Å². The summed E-state index contributed by atoms with van der Waals surface area (Å²) in [5, 5.41) is 2.98. The quantitative estimate of drug-likeness (QED) is 0.758. The molecular formula is C22H28N2O4. The predicted molar refractivity (Wildman–Crippen MR) is 108 cm³/mol. The monoisotopic (exact) mass is 384 g/mol. The summed E-state index contributed by atoms with van der Waals surface area (Å²) in [6.07, 6.45) is 2.12. The van der Waals surface area contributed by atoms with Crippen molar-refractivity contribution in [3.63, 3.8) is 0 Å². The molecule has 150 valence electrons. The minimum atomic E-state index is -0.0133. The molecule has 3 rings (SSSR count). The van der Waals surface area contributed by atoms with Crippen molar-refractivity contribution in [2.24, 2.45) is 0 Å². The lowest BCUT2D eigenvalue weighted by Crippen LogP contribution is -2.36. The highest BCUT2D eigenvalue weighted by atomic mass is 16.5. The summed E-state index contributed by atoms with van der Waals surface area (Å²) >= 11 is 0. The smallest absolute Gasteiger partial charge is 0.234 e. The number of hydrogen-bond donors (Lipinski definition) is 1. The fourth-order valence-electron chi connectivity index (χ4n) is 3.82. The number of hydrogen-bond acceptors (Lipinski definition) is 5. The van der Waals surface area contributed by atoms with Crippen LogP contribution >= 0.6 is 0 Å². The first-order valence-electron chi connectivity index (χ1n) is 9.41. The van der Waals surface area contributed by atoms with Crippen LogP contribution in [-0.4, -0.2) is 45.7 Å². The third kappa shape index (κ3) is 4.22. The van der Waals surface area contributed by atoms with Gasteiger partial charge in [0.15, 0.2) is 11.5 Å². The van der Waals surface area contributed by atoms with Gasteiger partial charge in [0.2, 0.25) is 11.7 Å². The first-order valence-corrected chi connectivity index (χ1v) is 9.41. The molecule has 28 heavy (non-hydrogen) atoms. The standard InChI is InChI=1S/C22H28N2O4/c1-24(18-10-9-16-7-5-6-8-17(16)18)14-21(25)23-13-15-11-19(26-2)22(28-4)20(12-15)27-3/h5-8,11-12,18H,9-10,13-14H2,1-4H3,(H,23,25)/t18-/m0/s1. The van der Waals surface area contributed by atoms with E-state index in [1.165, 1.54) is 11.1 Å². The van der Waals surface area contributed by atoms with E-state index >= 15 is 0 Å². The van der Waals surface area contributed by atoms with Crippen molar-refractivity contribution in [3.05, 3.63) is 53.1 Å². The molecule has 0 saturated heterocycles. The predicted octanol–water partition coefficient (Wildman–Crippen LogP) is 2.95. The summed E-state index contributed by atoms with van der Waals surface area (Å²) in [4.78, 5) is 14.6. The molecule has 2 aromatic carbocycles. The Morgan fingerprint density at radius 3 is 2.43 bits per heavy atom. The van der Waals surface area contributed by atoms with Gasteiger partial charge >= 0.3 is 0 Å². The van der Waals surface area contributed by atoms with Gasteiger partial charge in [0.1, 0.15) is 0 Å². The van der Waals surface area contributed by atoms with Gasteiger partial charge in [-0.15, -0.1) is 0 Å². The molecule has 0 heterocycles. The molecule has 1 atom stereocenters. The van der Waals surface area contributed by atoms with Gasteiger partial charge in [-0.1, -0.05) is 24.3 Å². The zero-order valence-corrected chi connectivity index (χ0v) is 17.0. The molecule has 0 saturated carbocycles. The molecule has 6 nitrogen and oxygen atoms in total. The van der Waals surface area contributed by atoms with Gasteiger partial charge in [-0.2, -0.15) is 0 Å². The van der Waals surface area contributed by atoms with Crippen molar-refractivity contribution < 1.29 is 19.0 Å². The average Bonchev–Trinajstić information content (AvgIpc) is 3.15. The van der Waals surface area contributed by atoms with E-state index < -0.39 is 0 Å². The highest BCUT2D eigenvalue weighted by Crippen LogP contribution is 2.38. The highest BCUT2D eigenvalue weighted by molar-refractivity contribution is 5.78. The lowest BCUT2D eigenvalue weighted by molar-refractivity contribution is -0.122. The molecular weight excluding hydrogens is 356 g/mol. The van der Waals surface area contributed by atoms with Crippen LogP contribution in [0.5, 0.6) is 17.2 Å². The van der Waals surface area contributed by atoms with Gasteiger partial charge < -0.3 is 19.5 Å². The van der Waals surface area contributed by atoms with Crippen LogP contribution in [0.4, 0.5) is 0 Å². The number of amides is 1. The van der Waals surface area contributed by atoms with Crippen LogP contribution in [0.1, 0.15) is 29.2 Å². The number of ether oxygens (including phenoxy) is 3. The van der Waals surface area contributed by atoms with Crippen molar-refractivity contribution in [1.29, 1.82) is 0 Å². The largest absolute Gasteiger partial charge is 0.493 e. The van der Waals surface area contributed by atoms with Gasteiger partial charge in [-0.05, 0) is 48.7 Å². The summed E-state index contributed by atoms with van der Waals surface area (Å²) < 4.78 is 16.1. The van der Waals surface area contributed by atoms with E-state index in [9.17, 15) is 4.79 Å². The molecule has 0 aliphatic heterocycles. The third-order valence-corrected chi connectivity index (χ3v) is 5.24. The fraction of sp³-hybridized carbons (Fsp3) is 0.409. The van der Waals surface area contributed by atoms with Crippen LogP contribution in [0.15, 0.2) is 36.4 Å². The van der Waals surface area contributed by atoms with Crippen molar-refractivity contribution in [2.75, 3.05) is 34.9 Å². The Morgan fingerprint density at radius 2 is 1.79 bits per heavy atom. The Labute approximate surface area is 166 Å². The second kappa shape index (κ2) is 8.97. The SMILES string of the molecule is COc1cc(CNC(=O)CN(C)[C@H]2CCc3ccccc32)cc(OC)c1OC. The highest BCUT2D eigenvalue weighted by Gasteiger charge is 2.26. The number of fused-ring (bicyclic) bond motifs is 1. The molecule has 1 aliphatic rings. The zero-order chi connectivity index (χ0) is 20.1. The number of likely N-dealkylation sites (N-methyl/N-ethyl adjacent to an activating group) is 1. The van der Waals surface area contributed by atoms with Gasteiger partial charge in [0.05, 0.1) is 27.9 Å². The Balaban J connectivity index is 1.60. The van der Waals surface area contributed by atoms with Crippen LogP contribution in [0.2, 0.25) is 0 Å². The Bertz CT molecular complexity index is 812. The molecule has 0 radical (unpaired) electrons. The number of rotatable bonds is 8. The number of nitrogens with one attached hydrogen (secondary N) is 1. The number of methoxy groups -OCH3 is 3. The van der Waals surface area contributed by atoms with Crippen LogP contribution < -0.4 is 19.5 Å². The Kier molecular flexibility index (Phi) is 6.41. The third-order valence-electron chi connectivity index (χ3n) is 5.24.